The van der Waals surface area contributed by atoms with E-state index in [2.05, 4.69) is 79.0 Å². The summed E-state index contributed by atoms with van der Waals surface area (Å²) in [5, 5.41) is 0. The Balaban J connectivity index is 2.11. The molecule has 1 radical (unpaired) electrons. The van der Waals surface area contributed by atoms with Crippen LogP contribution in [-0.4, -0.2) is 7.05 Å². The van der Waals surface area contributed by atoms with Gasteiger partial charge in [0.25, 0.3) is 0 Å². The van der Waals surface area contributed by atoms with Gasteiger partial charge in [0.1, 0.15) is 6.67 Å². The molecule has 2 aromatic rings. The maximum atomic E-state index is 2.24. The smallest absolute Gasteiger partial charge is 0.146 e. The highest BCUT2D eigenvalue weighted by molar-refractivity contribution is 5.85. The summed E-state index contributed by atoms with van der Waals surface area (Å²) < 4.78 is 0. The van der Waals surface area contributed by atoms with Crippen LogP contribution in [0, 0.1) is 13.6 Å². The molecule has 0 aliphatic carbocycles. The molecule has 0 atom stereocenters. The van der Waals surface area contributed by atoms with Crippen molar-refractivity contribution in [2.75, 3.05) is 16.8 Å². The number of fused-ring (bicyclic) bond motifs is 1. The highest BCUT2D eigenvalue weighted by Gasteiger charge is 2.25. The van der Waals surface area contributed by atoms with Crippen molar-refractivity contribution in [1.82, 2.24) is 0 Å². The van der Waals surface area contributed by atoms with E-state index in [-0.39, 0.29) is 0 Å². The van der Waals surface area contributed by atoms with Crippen molar-refractivity contribution in [3.8, 4) is 0 Å². The van der Waals surface area contributed by atoms with Crippen molar-refractivity contribution < 1.29 is 0 Å². The largest absolute Gasteiger partial charge is 0.349 e. The fourth-order valence-corrected chi connectivity index (χ4v) is 2.29. The second kappa shape index (κ2) is 3.81. The molecular formula is C15H15N2. The highest BCUT2D eigenvalue weighted by Crippen LogP contribution is 2.42. The molecule has 1 heterocycles. The van der Waals surface area contributed by atoms with Gasteiger partial charge in [-0.05, 0) is 30.7 Å². The molecule has 2 heteroatoms. The molecule has 1 aliphatic heterocycles. The first-order valence-corrected chi connectivity index (χ1v) is 5.79. The number of hydrogen-bond donors (Lipinski definition) is 0. The van der Waals surface area contributed by atoms with Gasteiger partial charge in [-0.1, -0.05) is 30.3 Å². The van der Waals surface area contributed by atoms with Crippen molar-refractivity contribution >= 4 is 17.1 Å². The lowest BCUT2D eigenvalue weighted by Gasteiger charge is -2.20. The summed E-state index contributed by atoms with van der Waals surface area (Å²) in [4.78, 5) is 4.40. The van der Waals surface area contributed by atoms with Crippen LogP contribution in [0.4, 0.5) is 17.1 Å². The van der Waals surface area contributed by atoms with Gasteiger partial charge in [0.15, 0.2) is 0 Å². The van der Waals surface area contributed by atoms with Gasteiger partial charge in [-0.25, -0.2) is 0 Å². The molecule has 0 bridgehead atoms. The molecule has 0 saturated heterocycles. The second-order valence-electron chi connectivity index (χ2n) is 4.37. The van der Waals surface area contributed by atoms with Crippen molar-refractivity contribution in [2.24, 2.45) is 0 Å². The minimum atomic E-state index is 1.24. The Labute approximate surface area is 102 Å². The maximum Gasteiger partial charge on any atom is 0.146 e. The van der Waals surface area contributed by atoms with E-state index in [0.717, 1.165) is 0 Å². The van der Waals surface area contributed by atoms with Crippen LogP contribution >= 0.6 is 0 Å². The first-order chi connectivity index (χ1) is 8.27. The topological polar surface area (TPSA) is 6.48 Å². The normalized spacial score (nSPS) is 14.0. The van der Waals surface area contributed by atoms with Gasteiger partial charge < -0.3 is 9.80 Å². The van der Waals surface area contributed by atoms with E-state index in [1.165, 1.54) is 22.6 Å². The zero-order valence-corrected chi connectivity index (χ0v) is 10.1. The summed E-state index contributed by atoms with van der Waals surface area (Å²) in [6.07, 6.45) is 0. The summed E-state index contributed by atoms with van der Waals surface area (Å²) in [6.45, 7) is 4.27. The van der Waals surface area contributed by atoms with Crippen LogP contribution in [0.25, 0.3) is 0 Å². The Kier molecular flexibility index (Phi) is 2.29. The SMILES string of the molecule is Cc1ccccc1N1[CH]N(C)c2ccccc21. The van der Waals surface area contributed by atoms with Gasteiger partial charge in [0.05, 0.1) is 11.4 Å². The summed E-state index contributed by atoms with van der Waals surface area (Å²) in [6, 6.07) is 16.9. The van der Waals surface area contributed by atoms with Crippen LogP contribution in [0.3, 0.4) is 0 Å². The molecule has 1 aliphatic rings. The fraction of sp³-hybridized carbons (Fsp3) is 0.133. The van der Waals surface area contributed by atoms with E-state index in [4.69, 9.17) is 0 Å². The van der Waals surface area contributed by atoms with Gasteiger partial charge >= 0.3 is 0 Å². The minimum Gasteiger partial charge on any atom is -0.349 e. The lowest BCUT2D eigenvalue weighted by Crippen LogP contribution is -2.17. The average molecular weight is 223 g/mol. The number of nitrogens with zero attached hydrogens (tertiary/aromatic N) is 2. The minimum absolute atomic E-state index is 1.24. The Morgan fingerprint density at radius 3 is 2.06 bits per heavy atom. The maximum absolute atomic E-state index is 2.24. The summed E-state index contributed by atoms with van der Waals surface area (Å²) in [5.74, 6) is 0. The monoisotopic (exact) mass is 223 g/mol. The fourth-order valence-electron chi connectivity index (χ4n) is 2.29. The Hall–Kier alpha value is -1.96. The third kappa shape index (κ3) is 1.57. The number of para-hydroxylation sites is 3. The molecule has 0 unspecified atom stereocenters. The van der Waals surface area contributed by atoms with Gasteiger partial charge in [0.2, 0.25) is 0 Å². The van der Waals surface area contributed by atoms with Crippen molar-refractivity contribution in [2.45, 2.75) is 6.92 Å². The molecule has 0 spiro atoms. The third-order valence-corrected chi connectivity index (χ3v) is 3.18. The highest BCUT2D eigenvalue weighted by atomic mass is 15.4. The number of rotatable bonds is 1. The molecule has 2 aromatic carbocycles. The lowest BCUT2D eigenvalue weighted by molar-refractivity contribution is 1.07. The first kappa shape index (κ1) is 10.2. The molecule has 0 amide bonds. The van der Waals surface area contributed by atoms with E-state index in [9.17, 15) is 0 Å². The molecule has 0 saturated carbocycles. The molecule has 0 aromatic heterocycles. The van der Waals surface area contributed by atoms with Crippen molar-refractivity contribution in [1.29, 1.82) is 0 Å². The molecule has 3 rings (SSSR count). The van der Waals surface area contributed by atoms with Crippen LogP contribution in [0.2, 0.25) is 0 Å². The van der Waals surface area contributed by atoms with Gasteiger partial charge in [0, 0.05) is 12.7 Å². The summed E-state index contributed by atoms with van der Waals surface area (Å²) >= 11 is 0. The number of benzene rings is 2. The standard InChI is InChI=1S/C15H15N2/c1-12-7-3-4-8-13(12)17-11-16(2)14-9-5-6-10-15(14)17/h3-11H,1-2H3. The van der Waals surface area contributed by atoms with E-state index in [1.807, 2.05) is 0 Å². The average Bonchev–Trinajstić information content (AvgIpc) is 2.68. The predicted molar refractivity (Wildman–Crippen MR) is 72.5 cm³/mol. The number of hydrogen-bond acceptors (Lipinski definition) is 2. The van der Waals surface area contributed by atoms with Crippen LogP contribution in [0.1, 0.15) is 5.56 Å². The van der Waals surface area contributed by atoms with Crippen LogP contribution in [0.5, 0.6) is 0 Å². The van der Waals surface area contributed by atoms with Crippen molar-refractivity contribution in [3.05, 3.63) is 60.8 Å². The quantitative estimate of drug-likeness (QED) is 0.727. The van der Waals surface area contributed by atoms with E-state index >= 15 is 0 Å². The third-order valence-electron chi connectivity index (χ3n) is 3.18. The summed E-state index contributed by atoms with van der Waals surface area (Å²) in [7, 11) is 2.08. The van der Waals surface area contributed by atoms with Crippen LogP contribution in [0.15, 0.2) is 48.5 Å². The van der Waals surface area contributed by atoms with Crippen molar-refractivity contribution in [3.63, 3.8) is 0 Å². The lowest BCUT2D eigenvalue weighted by atomic mass is 10.1. The van der Waals surface area contributed by atoms with Crippen LogP contribution in [-0.2, 0) is 0 Å². The zero-order chi connectivity index (χ0) is 11.8. The molecule has 85 valence electrons. The second-order valence-corrected chi connectivity index (χ2v) is 4.37. The zero-order valence-electron chi connectivity index (χ0n) is 10.1. The van der Waals surface area contributed by atoms with Gasteiger partial charge in [-0.3, -0.25) is 0 Å². The summed E-state index contributed by atoms with van der Waals surface area (Å²) in [5.41, 5.74) is 5.01. The molecule has 0 N–H and O–H groups in total. The van der Waals surface area contributed by atoms with Gasteiger partial charge in [-0.2, -0.15) is 0 Å². The Morgan fingerprint density at radius 2 is 1.35 bits per heavy atom. The van der Waals surface area contributed by atoms with E-state index in [1.54, 1.807) is 0 Å². The van der Waals surface area contributed by atoms with E-state index < -0.39 is 0 Å². The Bertz CT molecular complexity index is 548. The predicted octanol–water partition coefficient (Wildman–Crippen LogP) is 3.70. The molecule has 17 heavy (non-hydrogen) atoms. The first-order valence-electron chi connectivity index (χ1n) is 5.79. The van der Waals surface area contributed by atoms with Crippen LogP contribution < -0.4 is 9.80 Å². The molecule has 2 nitrogen and oxygen atoms in total. The molecular weight excluding hydrogens is 208 g/mol. The molecule has 0 fully saturated rings. The number of anilines is 3. The van der Waals surface area contributed by atoms with Gasteiger partial charge in [-0.15, -0.1) is 0 Å². The Morgan fingerprint density at radius 1 is 0.765 bits per heavy atom. The number of aryl methyl sites for hydroxylation is 1. The van der Waals surface area contributed by atoms with E-state index in [0.29, 0.717) is 0 Å².